The summed E-state index contributed by atoms with van der Waals surface area (Å²) in [5.41, 5.74) is -0.869. The molecule has 8 heteroatoms. The van der Waals surface area contributed by atoms with Crippen LogP contribution in [0.2, 0.25) is 0 Å². The second-order valence-electron chi connectivity index (χ2n) is 2.61. The van der Waals surface area contributed by atoms with Crippen LogP contribution in [0.1, 0.15) is 5.82 Å². The van der Waals surface area contributed by atoms with E-state index in [-0.39, 0.29) is 0 Å². The summed E-state index contributed by atoms with van der Waals surface area (Å²) in [5, 5.41) is 7.56. The zero-order valence-electron chi connectivity index (χ0n) is 7.17. The molecule has 0 aliphatic rings. The Labute approximate surface area is 77.8 Å². The maximum atomic E-state index is 11.9. The van der Waals surface area contributed by atoms with Crippen LogP contribution in [0.3, 0.4) is 0 Å². The van der Waals surface area contributed by atoms with Crippen molar-refractivity contribution in [3.05, 3.63) is 5.82 Å². The highest BCUT2D eigenvalue weighted by atomic mass is 32.2. The first-order valence-electron chi connectivity index (χ1n) is 3.60. The Morgan fingerprint density at radius 2 is 2.00 bits per heavy atom. The second-order valence-corrected chi connectivity index (χ2v) is 3.60. The highest BCUT2D eigenvalue weighted by Gasteiger charge is 2.24. The van der Waals surface area contributed by atoms with E-state index >= 15 is 0 Å². The summed E-state index contributed by atoms with van der Waals surface area (Å²) in [5.74, 6) is 0.608. The minimum absolute atomic E-state index is 0.303. The molecule has 0 radical (unpaired) electrons. The lowest BCUT2D eigenvalue weighted by Gasteiger charge is -2.11. The second kappa shape index (κ2) is 3.61. The fraction of sp³-hybridized carbons (Fsp3) is 0.600. The standard InChI is InChI=1S/C5H8BF3N3S/c1-4-10-11-5(12(4)2)13-3-6(7,8)9/h3H2,1-2H3/q-1. The van der Waals surface area contributed by atoms with Crippen molar-refractivity contribution in [3.63, 3.8) is 0 Å². The third-order valence-corrected chi connectivity index (χ3v) is 2.61. The van der Waals surface area contributed by atoms with Gasteiger partial charge in [0.15, 0.2) is 5.16 Å². The molecule has 74 valence electrons. The average Bonchev–Trinajstić information content (AvgIpc) is 2.29. The van der Waals surface area contributed by atoms with Gasteiger partial charge in [0.25, 0.3) is 0 Å². The minimum Gasteiger partial charge on any atom is -0.448 e. The molecule has 0 fully saturated rings. The van der Waals surface area contributed by atoms with Crippen LogP contribution in [-0.4, -0.2) is 27.4 Å². The van der Waals surface area contributed by atoms with E-state index in [2.05, 4.69) is 10.2 Å². The molecule has 0 bridgehead atoms. The van der Waals surface area contributed by atoms with Crippen LogP contribution in [0, 0.1) is 6.92 Å². The van der Waals surface area contributed by atoms with E-state index in [1.807, 2.05) is 0 Å². The Balaban J connectivity index is 2.60. The number of thioether (sulfide) groups is 1. The summed E-state index contributed by atoms with van der Waals surface area (Å²) in [6, 6.07) is 0. The third kappa shape index (κ3) is 2.94. The molecule has 0 saturated carbocycles. The molecule has 0 amide bonds. The molecule has 0 aliphatic carbocycles. The molecule has 0 aliphatic heterocycles. The molecule has 0 atom stereocenters. The SMILES string of the molecule is Cc1nnc(SC[B-](F)(F)F)n1C. The molecule has 0 saturated heterocycles. The van der Waals surface area contributed by atoms with E-state index in [0.29, 0.717) is 22.7 Å². The molecule has 0 unspecified atom stereocenters. The lowest BCUT2D eigenvalue weighted by Crippen LogP contribution is -2.19. The van der Waals surface area contributed by atoms with E-state index in [1.165, 1.54) is 4.57 Å². The summed E-state index contributed by atoms with van der Waals surface area (Å²) >= 11 is 0.667. The van der Waals surface area contributed by atoms with Gasteiger partial charge in [-0.05, 0) is 12.6 Å². The molecule has 3 nitrogen and oxygen atoms in total. The van der Waals surface area contributed by atoms with Gasteiger partial charge in [0.1, 0.15) is 5.82 Å². The molecular weight excluding hydrogens is 202 g/mol. The van der Waals surface area contributed by atoms with Crippen LogP contribution >= 0.6 is 11.8 Å². The monoisotopic (exact) mass is 210 g/mol. The number of hydrogen-bond donors (Lipinski definition) is 0. The molecule has 1 heterocycles. The molecular formula is C5H8BF3N3S-. The van der Waals surface area contributed by atoms with Gasteiger partial charge in [0.05, 0.1) is 0 Å². The van der Waals surface area contributed by atoms with Crippen LogP contribution in [0.25, 0.3) is 0 Å². The average molecular weight is 210 g/mol. The number of halogens is 3. The van der Waals surface area contributed by atoms with Gasteiger partial charge in [-0.2, -0.15) is 0 Å². The predicted molar refractivity (Wildman–Crippen MR) is 45.5 cm³/mol. The Morgan fingerprint density at radius 1 is 1.38 bits per heavy atom. The fourth-order valence-electron chi connectivity index (χ4n) is 0.682. The predicted octanol–water partition coefficient (Wildman–Crippen LogP) is 1.60. The Bertz CT molecular complexity index is 298. The lowest BCUT2D eigenvalue weighted by molar-refractivity contribution is 0.485. The van der Waals surface area contributed by atoms with E-state index in [4.69, 9.17) is 0 Å². The fourth-order valence-corrected chi connectivity index (χ4v) is 1.44. The van der Waals surface area contributed by atoms with Crippen molar-refractivity contribution in [2.24, 2.45) is 7.05 Å². The van der Waals surface area contributed by atoms with Gasteiger partial charge >= 0.3 is 6.98 Å². The zero-order chi connectivity index (χ0) is 10.1. The Hall–Kier alpha value is -0.655. The number of aromatic nitrogens is 3. The maximum absolute atomic E-state index is 11.9. The topological polar surface area (TPSA) is 30.7 Å². The summed E-state index contributed by atoms with van der Waals surface area (Å²) < 4.78 is 37.1. The van der Waals surface area contributed by atoms with Crippen molar-refractivity contribution in [1.29, 1.82) is 0 Å². The molecule has 1 rings (SSSR count). The van der Waals surface area contributed by atoms with E-state index in [0.717, 1.165) is 0 Å². The molecule has 1 aromatic heterocycles. The Morgan fingerprint density at radius 3 is 2.38 bits per heavy atom. The molecule has 13 heavy (non-hydrogen) atoms. The zero-order valence-corrected chi connectivity index (χ0v) is 7.98. The van der Waals surface area contributed by atoms with Crippen molar-refractivity contribution in [3.8, 4) is 0 Å². The molecule has 0 N–H and O–H groups in total. The summed E-state index contributed by atoms with van der Waals surface area (Å²) in [7, 11) is 1.64. The first-order valence-corrected chi connectivity index (χ1v) is 4.58. The molecule has 0 spiro atoms. The van der Waals surface area contributed by atoms with Crippen molar-refractivity contribution < 1.29 is 12.9 Å². The quantitative estimate of drug-likeness (QED) is 0.560. The van der Waals surface area contributed by atoms with Crippen molar-refractivity contribution in [1.82, 2.24) is 14.8 Å². The van der Waals surface area contributed by atoms with Crippen LogP contribution < -0.4 is 0 Å². The van der Waals surface area contributed by atoms with Crippen LogP contribution in [0.5, 0.6) is 0 Å². The summed E-state index contributed by atoms with van der Waals surface area (Å²) in [6.07, 6.45) is 0. The largest absolute Gasteiger partial charge is 0.488 e. The number of hydrogen-bond acceptors (Lipinski definition) is 3. The third-order valence-electron chi connectivity index (χ3n) is 1.45. The minimum atomic E-state index is -4.75. The van der Waals surface area contributed by atoms with Crippen LogP contribution in [0.15, 0.2) is 5.16 Å². The molecule has 0 aromatic carbocycles. The highest BCUT2D eigenvalue weighted by molar-refractivity contribution is 8.00. The van der Waals surface area contributed by atoms with E-state index in [1.54, 1.807) is 14.0 Å². The van der Waals surface area contributed by atoms with Gasteiger partial charge in [-0.1, -0.05) is 0 Å². The normalized spacial score (nSPS) is 12.1. The van der Waals surface area contributed by atoms with E-state index in [9.17, 15) is 12.9 Å². The summed E-state index contributed by atoms with van der Waals surface area (Å²) in [4.78, 5) is 0. The Kier molecular flexibility index (Phi) is 2.89. The van der Waals surface area contributed by atoms with Gasteiger partial charge in [-0.3, -0.25) is 0 Å². The summed E-state index contributed by atoms with van der Waals surface area (Å²) in [6.45, 7) is -3.06. The number of rotatable bonds is 3. The smallest absolute Gasteiger partial charge is 0.448 e. The van der Waals surface area contributed by atoms with Gasteiger partial charge in [0, 0.05) is 7.05 Å². The van der Waals surface area contributed by atoms with Crippen molar-refractivity contribution in [2.75, 3.05) is 5.65 Å². The number of nitrogens with zero attached hydrogens (tertiary/aromatic N) is 3. The van der Waals surface area contributed by atoms with Gasteiger partial charge in [0.2, 0.25) is 0 Å². The maximum Gasteiger partial charge on any atom is 0.488 e. The van der Waals surface area contributed by atoms with Crippen LogP contribution in [0.4, 0.5) is 12.9 Å². The van der Waals surface area contributed by atoms with Gasteiger partial charge < -0.3 is 17.5 Å². The van der Waals surface area contributed by atoms with Crippen molar-refractivity contribution >= 4 is 18.7 Å². The number of aryl methyl sites for hydroxylation is 1. The van der Waals surface area contributed by atoms with Gasteiger partial charge in [-0.25, -0.2) is 0 Å². The lowest BCUT2D eigenvalue weighted by atomic mass is 9.98. The molecule has 1 aromatic rings. The first-order chi connectivity index (χ1) is 5.90. The van der Waals surface area contributed by atoms with Crippen molar-refractivity contribution in [2.45, 2.75) is 12.1 Å². The first kappa shape index (κ1) is 10.4. The van der Waals surface area contributed by atoms with Crippen LogP contribution in [-0.2, 0) is 7.05 Å². The van der Waals surface area contributed by atoms with Gasteiger partial charge in [-0.15, -0.1) is 22.0 Å². The van der Waals surface area contributed by atoms with E-state index < -0.39 is 12.6 Å². The highest BCUT2D eigenvalue weighted by Crippen LogP contribution is 2.22.